The lowest BCUT2D eigenvalue weighted by Crippen LogP contribution is -2.50. The van der Waals surface area contributed by atoms with Crippen LogP contribution >= 0.6 is 22.6 Å². The fourth-order valence-electron chi connectivity index (χ4n) is 2.14. The molecule has 1 aliphatic rings. The van der Waals surface area contributed by atoms with Gasteiger partial charge in [-0.2, -0.15) is 5.26 Å². The van der Waals surface area contributed by atoms with Gasteiger partial charge in [0.2, 0.25) is 5.91 Å². The van der Waals surface area contributed by atoms with Crippen molar-refractivity contribution in [1.29, 1.82) is 5.26 Å². The largest absolute Gasteiger partial charge is 0.338 e. The van der Waals surface area contributed by atoms with Crippen LogP contribution in [0.5, 0.6) is 0 Å². The highest BCUT2D eigenvalue weighted by Gasteiger charge is 2.25. The number of benzene rings is 1. The number of nitriles is 1. The minimum atomic E-state index is -0.158. The van der Waals surface area contributed by atoms with E-state index in [0.29, 0.717) is 31.7 Å². The smallest absolute Gasteiger partial charge is 0.255 e. The van der Waals surface area contributed by atoms with Crippen LogP contribution in [-0.2, 0) is 4.79 Å². The molecule has 6 heteroatoms. The Bertz CT molecular complexity index is 560. The number of hydrogen-bond acceptors (Lipinski definition) is 3. The third kappa shape index (κ3) is 3.28. The van der Waals surface area contributed by atoms with Gasteiger partial charge >= 0.3 is 0 Å². The summed E-state index contributed by atoms with van der Waals surface area (Å²) in [6.45, 7) is 2.02. The molecule has 1 heterocycles. The molecule has 1 aromatic carbocycles. The second-order valence-electron chi connectivity index (χ2n) is 4.49. The lowest BCUT2D eigenvalue weighted by atomic mass is 10.2. The topological polar surface area (TPSA) is 64.4 Å². The molecule has 0 N–H and O–H groups in total. The van der Waals surface area contributed by atoms with Gasteiger partial charge in [-0.05, 0) is 34.7 Å². The first-order chi connectivity index (χ1) is 9.63. The van der Waals surface area contributed by atoms with Crippen LogP contribution in [0, 0.1) is 14.9 Å². The predicted molar refractivity (Wildman–Crippen MR) is 81.9 cm³/mol. The van der Waals surface area contributed by atoms with Crippen molar-refractivity contribution < 1.29 is 9.59 Å². The van der Waals surface area contributed by atoms with Crippen molar-refractivity contribution in [3.8, 4) is 6.07 Å². The molecule has 0 atom stereocenters. The summed E-state index contributed by atoms with van der Waals surface area (Å²) in [5, 5.41) is 8.52. The Morgan fingerprint density at radius 3 is 2.35 bits per heavy atom. The molecule has 1 aromatic rings. The van der Waals surface area contributed by atoms with Crippen molar-refractivity contribution in [3.63, 3.8) is 0 Å². The molecule has 0 aliphatic carbocycles. The van der Waals surface area contributed by atoms with E-state index < -0.39 is 0 Å². The maximum Gasteiger partial charge on any atom is 0.255 e. The number of piperazine rings is 1. The van der Waals surface area contributed by atoms with Gasteiger partial charge in [-0.1, -0.05) is 12.1 Å². The number of halogens is 1. The number of carbonyl (C=O) groups is 2. The first-order valence-electron chi connectivity index (χ1n) is 6.32. The fraction of sp³-hybridized carbons (Fsp3) is 0.357. The molecule has 1 saturated heterocycles. The summed E-state index contributed by atoms with van der Waals surface area (Å²) in [6, 6.07) is 9.33. The molecule has 0 aromatic heterocycles. The molecular weight excluding hydrogens is 369 g/mol. The summed E-state index contributed by atoms with van der Waals surface area (Å²) in [7, 11) is 0. The van der Waals surface area contributed by atoms with Crippen molar-refractivity contribution in [2.24, 2.45) is 0 Å². The molecular formula is C14H14IN3O2. The molecule has 2 rings (SSSR count). The standard InChI is InChI=1S/C14H14IN3O2/c15-12-4-2-1-3-11(12)14(20)18-9-7-17(8-10-18)13(19)5-6-16/h1-4H,5,7-10H2. The van der Waals surface area contributed by atoms with Crippen molar-refractivity contribution >= 4 is 34.4 Å². The Morgan fingerprint density at radius 2 is 1.75 bits per heavy atom. The Hall–Kier alpha value is -1.62. The van der Waals surface area contributed by atoms with Gasteiger partial charge in [0.15, 0.2) is 0 Å². The zero-order valence-electron chi connectivity index (χ0n) is 10.9. The highest BCUT2D eigenvalue weighted by Crippen LogP contribution is 2.15. The van der Waals surface area contributed by atoms with Crippen molar-refractivity contribution in [3.05, 3.63) is 33.4 Å². The van der Waals surface area contributed by atoms with Gasteiger partial charge < -0.3 is 9.80 Å². The van der Waals surface area contributed by atoms with E-state index in [-0.39, 0.29) is 18.2 Å². The summed E-state index contributed by atoms with van der Waals surface area (Å²) < 4.78 is 0.929. The molecule has 0 bridgehead atoms. The summed E-state index contributed by atoms with van der Waals surface area (Å²) in [5.74, 6) is -0.156. The highest BCUT2D eigenvalue weighted by atomic mass is 127. The van der Waals surface area contributed by atoms with E-state index >= 15 is 0 Å². The summed E-state index contributed by atoms with van der Waals surface area (Å²) in [6.07, 6.45) is -0.0927. The summed E-state index contributed by atoms with van der Waals surface area (Å²) in [4.78, 5) is 27.4. The van der Waals surface area contributed by atoms with Crippen LogP contribution in [0.3, 0.4) is 0 Å². The summed E-state index contributed by atoms with van der Waals surface area (Å²) in [5.41, 5.74) is 0.699. The van der Waals surface area contributed by atoms with Crippen molar-refractivity contribution in [2.75, 3.05) is 26.2 Å². The quantitative estimate of drug-likeness (QED) is 0.727. The maximum absolute atomic E-state index is 12.4. The summed E-state index contributed by atoms with van der Waals surface area (Å²) >= 11 is 2.15. The zero-order chi connectivity index (χ0) is 14.5. The number of rotatable bonds is 2. The van der Waals surface area contributed by atoms with E-state index in [2.05, 4.69) is 22.6 Å². The molecule has 20 heavy (non-hydrogen) atoms. The van der Waals surface area contributed by atoms with Crippen molar-refractivity contribution in [2.45, 2.75) is 6.42 Å². The second-order valence-corrected chi connectivity index (χ2v) is 5.65. The molecule has 5 nitrogen and oxygen atoms in total. The SMILES string of the molecule is N#CCC(=O)N1CCN(C(=O)c2ccccc2I)CC1. The molecule has 0 radical (unpaired) electrons. The Kier molecular flexibility index (Phi) is 4.95. The normalized spacial score (nSPS) is 14.8. The van der Waals surface area contributed by atoms with Crippen LogP contribution in [0.1, 0.15) is 16.8 Å². The Morgan fingerprint density at radius 1 is 1.15 bits per heavy atom. The van der Waals surface area contributed by atoms with Gasteiger partial charge in [0, 0.05) is 29.7 Å². The zero-order valence-corrected chi connectivity index (χ0v) is 13.0. The van der Waals surface area contributed by atoms with Gasteiger partial charge in [-0.15, -0.1) is 0 Å². The lowest BCUT2D eigenvalue weighted by molar-refractivity contribution is -0.131. The van der Waals surface area contributed by atoms with E-state index in [1.54, 1.807) is 9.80 Å². The lowest BCUT2D eigenvalue weighted by Gasteiger charge is -2.34. The number of nitrogens with zero attached hydrogens (tertiary/aromatic N) is 3. The minimum absolute atomic E-state index is 0.00221. The van der Waals surface area contributed by atoms with Gasteiger partial charge in [0.1, 0.15) is 6.42 Å². The number of carbonyl (C=O) groups excluding carboxylic acids is 2. The maximum atomic E-state index is 12.4. The van der Waals surface area contributed by atoms with E-state index in [1.807, 2.05) is 30.3 Å². The van der Waals surface area contributed by atoms with Crippen LogP contribution < -0.4 is 0 Å². The first kappa shape index (κ1) is 14.8. The molecule has 1 fully saturated rings. The highest BCUT2D eigenvalue weighted by molar-refractivity contribution is 14.1. The predicted octanol–water partition coefficient (Wildman–Crippen LogP) is 1.49. The van der Waals surface area contributed by atoms with Gasteiger partial charge in [-0.25, -0.2) is 0 Å². The molecule has 104 valence electrons. The first-order valence-corrected chi connectivity index (χ1v) is 7.40. The number of hydrogen-bond donors (Lipinski definition) is 0. The fourth-order valence-corrected chi connectivity index (χ4v) is 2.76. The van der Waals surface area contributed by atoms with Gasteiger partial charge in [-0.3, -0.25) is 9.59 Å². The van der Waals surface area contributed by atoms with Gasteiger partial charge in [0.05, 0.1) is 11.6 Å². The van der Waals surface area contributed by atoms with Gasteiger partial charge in [0.25, 0.3) is 5.91 Å². The van der Waals surface area contributed by atoms with Crippen LogP contribution in [0.2, 0.25) is 0 Å². The molecule has 0 unspecified atom stereocenters. The van der Waals surface area contributed by atoms with E-state index in [4.69, 9.17) is 5.26 Å². The van der Waals surface area contributed by atoms with Crippen LogP contribution in [0.25, 0.3) is 0 Å². The molecule has 1 aliphatic heterocycles. The Balaban J connectivity index is 1.98. The van der Waals surface area contributed by atoms with Crippen LogP contribution in [0.15, 0.2) is 24.3 Å². The average molecular weight is 383 g/mol. The number of amides is 2. The van der Waals surface area contributed by atoms with E-state index in [9.17, 15) is 9.59 Å². The van der Waals surface area contributed by atoms with E-state index in [0.717, 1.165) is 3.57 Å². The van der Waals surface area contributed by atoms with Crippen LogP contribution in [0.4, 0.5) is 0 Å². The third-order valence-electron chi connectivity index (χ3n) is 3.25. The Labute approximate surface area is 131 Å². The van der Waals surface area contributed by atoms with Crippen LogP contribution in [-0.4, -0.2) is 47.8 Å². The molecule has 2 amide bonds. The monoisotopic (exact) mass is 383 g/mol. The second kappa shape index (κ2) is 6.70. The minimum Gasteiger partial charge on any atom is -0.338 e. The van der Waals surface area contributed by atoms with Crippen molar-refractivity contribution in [1.82, 2.24) is 9.80 Å². The average Bonchev–Trinajstić information content (AvgIpc) is 2.47. The van der Waals surface area contributed by atoms with E-state index in [1.165, 1.54) is 0 Å². The third-order valence-corrected chi connectivity index (χ3v) is 4.19. The molecule has 0 spiro atoms. The molecule has 0 saturated carbocycles.